The van der Waals surface area contributed by atoms with E-state index in [9.17, 15) is 0 Å². The zero-order chi connectivity index (χ0) is 19.9. The molecule has 0 N–H and O–H groups in total. The van der Waals surface area contributed by atoms with Crippen molar-refractivity contribution in [1.29, 1.82) is 0 Å². The van der Waals surface area contributed by atoms with E-state index in [1.165, 1.54) is 9.40 Å². The molecule has 4 rings (SSSR count). The lowest BCUT2D eigenvalue weighted by Gasteiger charge is -1.80. The average Bonchev–Trinajstić information content (AvgIpc) is 3.27. The first-order valence-electron chi connectivity index (χ1n) is 9.37. The summed E-state index contributed by atoms with van der Waals surface area (Å²) >= 11 is 3.48. The molecule has 4 aromatic rings. The number of hydrogen-bond acceptors (Lipinski definition) is 4. The van der Waals surface area contributed by atoms with E-state index in [1.807, 2.05) is 91.8 Å². The summed E-state index contributed by atoms with van der Waals surface area (Å²) in [6.45, 7) is 16.1. The third-order valence-electron chi connectivity index (χ3n) is 2.80. The summed E-state index contributed by atoms with van der Waals surface area (Å²) in [6.07, 6.45) is 0. The highest BCUT2D eigenvalue weighted by molar-refractivity contribution is 7.18. The Morgan fingerprint density at radius 1 is 0.538 bits per heavy atom. The third kappa shape index (κ3) is 7.63. The molecule has 0 atom stereocenters. The topological polar surface area (TPSA) is 25.8 Å². The molecule has 0 aliphatic rings. The van der Waals surface area contributed by atoms with Gasteiger partial charge in [0.25, 0.3) is 0 Å². The van der Waals surface area contributed by atoms with Crippen molar-refractivity contribution in [2.45, 2.75) is 55.4 Å². The minimum absolute atomic E-state index is 1.12. The van der Waals surface area contributed by atoms with Gasteiger partial charge in [0.05, 0.1) is 30.4 Å². The van der Waals surface area contributed by atoms with E-state index in [2.05, 4.69) is 22.1 Å². The molecule has 0 aliphatic carbocycles. The fourth-order valence-corrected chi connectivity index (χ4v) is 3.63. The van der Waals surface area contributed by atoms with Gasteiger partial charge in [-0.3, -0.25) is 0 Å². The van der Waals surface area contributed by atoms with Crippen LogP contribution in [0.5, 0.6) is 0 Å². The molecule has 0 saturated carbocycles. The highest BCUT2D eigenvalue weighted by atomic mass is 32.1. The minimum atomic E-state index is 1.12. The van der Waals surface area contributed by atoms with Crippen molar-refractivity contribution < 1.29 is 0 Å². The highest BCUT2D eigenvalue weighted by Gasteiger charge is 1.96. The molecule has 0 amide bonds. The molecule has 0 saturated heterocycles. The first-order chi connectivity index (χ1) is 12.7. The number of benzene rings is 2. The van der Waals surface area contributed by atoms with Crippen molar-refractivity contribution in [3.63, 3.8) is 0 Å². The molecule has 4 heteroatoms. The summed E-state index contributed by atoms with van der Waals surface area (Å²) in [4.78, 5) is 8.66. The Morgan fingerprint density at radius 2 is 0.846 bits per heavy atom. The molecule has 2 aromatic heterocycles. The molecule has 0 unspecified atom stereocenters. The maximum absolute atomic E-state index is 4.33. The van der Waals surface area contributed by atoms with Crippen LogP contribution in [0.1, 0.15) is 51.6 Å². The average molecular weight is 389 g/mol. The second-order valence-electron chi connectivity index (χ2n) is 4.40. The fraction of sp³-hybridized carbons (Fsp3) is 0.364. The molecule has 26 heavy (non-hydrogen) atoms. The van der Waals surface area contributed by atoms with Crippen LogP contribution >= 0.6 is 22.7 Å². The smallest absolute Gasteiger partial charge is 0.0907 e. The third-order valence-corrected chi connectivity index (χ3v) is 4.71. The molecular weight excluding hydrogens is 356 g/mol. The molecule has 0 aliphatic heterocycles. The van der Waals surface area contributed by atoms with Crippen molar-refractivity contribution in [3.05, 3.63) is 58.5 Å². The number of para-hydroxylation sites is 2. The van der Waals surface area contributed by atoms with E-state index in [4.69, 9.17) is 0 Å². The van der Waals surface area contributed by atoms with Gasteiger partial charge in [0.2, 0.25) is 0 Å². The van der Waals surface area contributed by atoms with E-state index >= 15 is 0 Å². The van der Waals surface area contributed by atoms with E-state index in [0.29, 0.717) is 0 Å². The second kappa shape index (κ2) is 14.4. The monoisotopic (exact) mass is 388 g/mol. The van der Waals surface area contributed by atoms with Gasteiger partial charge in [-0.2, -0.15) is 0 Å². The Bertz CT molecular complexity index is 709. The molecule has 0 spiro atoms. The number of thiazole rings is 2. The van der Waals surface area contributed by atoms with Crippen LogP contribution in [0.2, 0.25) is 0 Å². The lowest BCUT2D eigenvalue weighted by atomic mass is 10.3. The van der Waals surface area contributed by atoms with Gasteiger partial charge in [0, 0.05) is 0 Å². The maximum Gasteiger partial charge on any atom is 0.0907 e. The summed E-state index contributed by atoms with van der Waals surface area (Å²) in [7, 11) is 0. The molecular formula is C22H32N2S2. The number of aromatic nitrogens is 2. The minimum Gasteiger partial charge on any atom is -0.242 e. The van der Waals surface area contributed by atoms with Crippen molar-refractivity contribution in [3.8, 4) is 0 Å². The lowest BCUT2D eigenvalue weighted by Crippen LogP contribution is -1.65. The molecule has 2 heterocycles. The standard InChI is InChI=1S/2C8H7NS.3C2H6/c2*1-6-9-7-4-2-3-5-8(7)10-6;3*1-2/h2*2-5H,1H3;3*1-2H3. The molecule has 2 aromatic carbocycles. The van der Waals surface area contributed by atoms with Gasteiger partial charge in [-0.1, -0.05) is 65.8 Å². The number of fused-ring (bicyclic) bond motifs is 2. The van der Waals surface area contributed by atoms with Crippen LogP contribution in [-0.4, -0.2) is 9.97 Å². The molecule has 0 bridgehead atoms. The zero-order valence-electron chi connectivity index (χ0n) is 17.3. The highest BCUT2D eigenvalue weighted by Crippen LogP contribution is 2.20. The Labute approximate surface area is 167 Å². The molecule has 0 fully saturated rings. The van der Waals surface area contributed by atoms with Crippen LogP contribution in [0.15, 0.2) is 48.5 Å². The van der Waals surface area contributed by atoms with E-state index < -0.39 is 0 Å². The van der Waals surface area contributed by atoms with Gasteiger partial charge >= 0.3 is 0 Å². The first-order valence-corrected chi connectivity index (χ1v) is 11.0. The summed E-state index contributed by atoms with van der Waals surface area (Å²) in [5.41, 5.74) is 2.23. The van der Waals surface area contributed by atoms with Crippen LogP contribution < -0.4 is 0 Å². The van der Waals surface area contributed by atoms with Crippen LogP contribution in [0.3, 0.4) is 0 Å². The van der Waals surface area contributed by atoms with Gasteiger partial charge in [-0.05, 0) is 38.1 Å². The summed E-state index contributed by atoms with van der Waals surface area (Å²) < 4.78 is 2.56. The number of rotatable bonds is 0. The molecule has 2 nitrogen and oxygen atoms in total. The lowest BCUT2D eigenvalue weighted by molar-refractivity contribution is 1.35. The van der Waals surface area contributed by atoms with Crippen LogP contribution in [0.4, 0.5) is 0 Å². The number of nitrogens with zero attached hydrogens (tertiary/aromatic N) is 2. The predicted molar refractivity (Wildman–Crippen MR) is 123 cm³/mol. The molecule has 142 valence electrons. The Morgan fingerprint density at radius 3 is 1.15 bits per heavy atom. The van der Waals surface area contributed by atoms with Crippen molar-refractivity contribution in [2.75, 3.05) is 0 Å². The fourth-order valence-electron chi connectivity index (χ4n) is 1.97. The summed E-state index contributed by atoms with van der Waals surface area (Å²) in [6, 6.07) is 16.4. The maximum atomic E-state index is 4.33. The Hall–Kier alpha value is -1.78. The zero-order valence-corrected chi connectivity index (χ0v) is 19.0. The quantitative estimate of drug-likeness (QED) is 0.303. The molecule has 0 radical (unpaired) electrons. The predicted octanol–water partition coefficient (Wildman–Crippen LogP) is 8.29. The van der Waals surface area contributed by atoms with Gasteiger partial charge in [0.15, 0.2) is 0 Å². The number of hydrogen-bond donors (Lipinski definition) is 0. The largest absolute Gasteiger partial charge is 0.242 e. The normalized spacial score (nSPS) is 8.77. The SMILES string of the molecule is CC.CC.CC.Cc1nc2ccccc2s1.Cc1nc2ccccc2s1. The van der Waals surface area contributed by atoms with Crippen LogP contribution in [-0.2, 0) is 0 Å². The van der Waals surface area contributed by atoms with Gasteiger partial charge in [-0.25, -0.2) is 9.97 Å². The van der Waals surface area contributed by atoms with Crippen molar-refractivity contribution >= 4 is 43.1 Å². The first kappa shape index (κ1) is 24.2. The van der Waals surface area contributed by atoms with Gasteiger partial charge < -0.3 is 0 Å². The van der Waals surface area contributed by atoms with Crippen molar-refractivity contribution in [1.82, 2.24) is 9.97 Å². The Balaban J connectivity index is 0.000000375. The summed E-state index contributed by atoms with van der Waals surface area (Å²) in [5.74, 6) is 0. The number of aryl methyl sites for hydroxylation is 2. The van der Waals surface area contributed by atoms with E-state index in [-0.39, 0.29) is 0 Å². The van der Waals surface area contributed by atoms with Crippen LogP contribution in [0.25, 0.3) is 20.4 Å². The second-order valence-corrected chi connectivity index (χ2v) is 6.87. The summed E-state index contributed by atoms with van der Waals surface area (Å²) in [5, 5.41) is 2.28. The van der Waals surface area contributed by atoms with E-state index in [1.54, 1.807) is 22.7 Å². The van der Waals surface area contributed by atoms with Gasteiger partial charge in [0.1, 0.15) is 0 Å². The Kier molecular flexibility index (Phi) is 13.4. The van der Waals surface area contributed by atoms with Crippen LogP contribution in [0, 0.1) is 13.8 Å². The van der Waals surface area contributed by atoms with E-state index in [0.717, 1.165) is 21.0 Å². The van der Waals surface area contributed by atoms with Gasteiger partial charge in [-0.15, -0.1) is 22.7 Å². The van der Waals surface area contributed by atoms with Crippen molar-refractivity contribution in [2.24, 2.45) is 0 Å².